The first kappa shape index (κ1) is 83.4. The molecule has 20 aromatic carbocycles. The van der Waals surface area contributed by atoms with E-state index in [0.717, 1.165) is 0 Å². The number of rotatable bonds is 8. The molecule has 0 saturated carbocycles. The van der Waals surface area contributed by atoms with Crippen LogP contribution in [0.1, 0.15) is 44.5 Å². The minimum atomic E-state index is 1.27. The Hall–Kier alpha value is -14.6. The molecule has 0 heterocycles. The van der Waals surface area contributed by atoms with E-state index in [-0.39, 0.29) is 0 Å². The highest BCUT2D eigenvalue weighted by molar-refractivity contribution is 5.98. The normalized spacial score (nSPS) is 10.3. The Labute approximate surface area is 712 Å². The molecule has 0 aliphatic rings. The second kappa shape index (κ2) is 42.9. The van der Waals surface area contributed by atoms with Crippen LogP contribution < -0.4 is 0 Å². The van der Waals surface area contributed by atoms with E-state index in [9.17, 15) is 0 Å². The molecule has 0 saturated heterocycles. The van der Waals surface area contributed by atoms with Gasteiger partial charge >= 0.3 is 0 Å². The molecular weight excluding hydrogens is 1440 g/mol. The molecule has 0 spiro atoms. The van der Waals surface area contributed by atoms with E-state index >= 15 is 0 Å². The van der Waals surface area contributed by atoms with Crippen molar-refractivity contribution in [3.63, 3.8) is 0 Å². The Morgan fingerprint density at radius 3 is 0.717 bits per heavy atom. The Balaban J connectivity index is 0.000000120. The van der Waals surface area contributed by atoms with E-state index in [4.69, 9.17) is 0 Å². The molecule has 0 aromatic heterocycles. The van der Waals surface area contributed by atoms with Crippen molar-refractivity contribution in [3.8, 4) is 89.0 Å². The first-order valence-electron chi connectivity index (χ1n) is 41.5. The first-order chi connectivity index (χ1) is 58.8. The van der Waals surface area contributed by atoms with Crippen LogP contribution in [0.15, 0.2) is 485 Å². The Morgan fingerprint density at radius 2 is 0.325 bits per heavy atom. The molecule has 0 aliphatic heterocycles. The van der Waals surface area contributed by atoms with Gasteiger partial charge < -0.3 is 0 Å². The van der Waals surface area contributed by atoms with E-state index in [1.54, 1.807) is 0 Å². The second-order valence-corrected chi connectivity index (χ2v) is 30.6. The van der Waals surface area contributed by atoms with Gasteiger partial charge in [0.25, 0.3) is 0 Å². The maximum absolute atomic E-state index is 2.26. The number of aryl methyl sites for hydroxylation is 8. The predicted molar refractivity (Wildman–Crippen MR) is 523 cm³/mol. The van der Waals surface area contributed by atoms with Crippen molar-refractivity contribution >= 4 is 43.1 Å². The third-order valence-corrected chi connectivity index (χ3v) is 21.0. The molecule has 0 aliphatic carbocycles. The van der Waals surface area contributed by atoms with Gasteiger partial charge in [-0.3, -0.25) is 0 Å². The molecule has 0 amide bonds. The lowest BCUT2D eigenvalue weighted by molar-refractivity contribution is 1.46. The van der Waals surface area contributed by atoms with Gasteiger partial charge in [-0.2, -0.15) is 0 Å². The number of benzene rings is 20. The zero-order valence-electron chi connectivity index (χ0n) is 70.2. The van der Waals surface area contributed by atoms with E-state index < -0.39 is 0 Å². The molecule has 20 rings (SSSR count). The largest absolute Gasteiger partial charge is 0.0622 e. The number of hydrogen-bond donors (Lipinski definition) is 0. The molecule has 584 valence electrons. The van der Waals surface area contributed by atoms with Gasteiger partial charge in [-0.1, -0.05) is 506 Å². The number of fused-ring (bicyclic) bond motifs is 4. The maximum Gasteiger partial charge on any atom is -0.0105 e. The molecule has 0 nitrogen and oxygen atoms in total. The van der Waals surface area contributed by atoms with Crippen LogP contribution in [0.25, 0.3) is 132 Å². The van der Waals surface area contributed by atoms with Crippen molar-refractivity contribution in [2.24, 2.45) is 0 Å². The van der Waals surface area contributed by atoms with Crippen molar-refractivity contribution < 1.29 is 0 Å². The quantitative estimate of drug-likeness (QED) is 0.142. The lowest BCUT2D eigenvalue weighted by atomic mass is 9.97. The van der Waals surface area contributed by atoms with Crippen LogP contribution in [0.4, 0.5) is 0 Å². The summed E-state index contributed by atoms with van der Waals surface area (Å²) in [7, 11) is 0. The molecule has 0 bridgehead atoms. The summed E-state index contributed by atoms with van der Waals surface area (Å²) in [6, 6.07) is 171. The monoisotopic (exact) mass is 1540 g/mol. The molecule has 0 atom stereocenters. The Kier molecular flexibility index (Phi) is 29.8. The topological polar surface area (TPSA) is 0 Å². The van der Waals surface area contributed by atoms with Gasteiger partial charge in [0.2, 0.25) is 0 Å². The molecule has 0 N–H and O–H groups in total. The van der Waals surface area contributed by atoms with Gasteiger partial charge in [0, 0.05) is 0 Å². The van der Waals surface area contributed by atoms with Gasteiger partial charge in [-0.25, -0.2) is 0 Å². The summed E-state index contributed by atoms with van der Waals surface area (Å²) in [5.74, 6) is 0. The fraction of sp³-hybridized carbons (Fsp3) is 0.0667. The predicted octanol–water partition coefficient (Wildman–Crippen LogP) is 33.9. The van der Waals surface area contributed by atoms with E-state index in [1.807, 2.05) is 30.3 Å². The van der Waals surface area contributed by atoms with Gasteiger partial charge in [0.05, 0.1) is 0 Å². The van der Waals surface area contributed by atoms with Gasteiger partial charge in [0.15, 0.2) is 0 Å². The van der Waals surface area contributed by atoms with Crippen LogP contribution in [0.2, 0.25) is 0 Å². The minimum absolute atomic E-state index is 1.27. The summed E-state index contributed by atoms with van der Waals surface area (Å²) in [6.07, 6.45) is 0. The summed E-state index contributed by atoms with van der Waals surface area (Å²) in [5, 5.41) is 10.4. The van der Waals surface area contributed by atoms with Crippen LogP contribution in [0.5, 0.6) is 0 Å². The Bertz CT molecular complexity index is 6460. The van der Waals surface area contributed by atoms with E-state index in [2.05, 4.69) is 510 Å². The Morgan fingerprint density at radius 1 is 0.100 bits per heavy atom. The summed E-state index contributed by atoms with van der Waals surface area (Å²) in [4.78, 5) is 0. The van der Waals surface area contributed by atoms with Crippen molar-refractivity contribution in [1.29, 1.82) is 0 Å². The first-order valence-corrected chi connectivity index (χ1v) is 41.5. The molecular formula is C120H104. The zero-order chi connectivity index (χ0) is 83.0. The zero-order valence-corrected chi connectivity index (χ0v) is 70.2. The van der Waals surface area contributed by atoms with Crippen LogP contribution in [-0.4, -0.2) is 0 Å². The van der Waals surface area contributed by atoms with E-state index in [0.29, 0.717) is 0 Å². The van der Waals surface area contributed by atoms with Gasteiger partial charge in [-0.05, 0) is 211 Å². The molecule has 20 aromatic rings. The van der Waals surface area contributed by atoms with Crippen molar-refractivity contribution in [1.82, 2.24) is 0 Å². The third kappa shape index (κ3) is 24.3. The van der Waals surface area contributed by atoms with Crippen LogP contribution in [-0.2, 0) is 0 Å². The lowest BCUT2D eigenvalue weighted by Crippen LogP contribution is -1.84. The molecule has 0 fully saturated rings. The summed E-state index contributed by atoms with van der Waals surface area (Å²) in [5.41, 5.74) is 31.0. The number of hydrogen-bond acceptors (Lipinski definition) is 0. The van der Waals surface area contributed by atoms with E-state index in [1.165, 1.54) is 177 Å². The highest BCUT2D eigenvalue weighted by Gasteiger charge is 2.08. The summed E-state index contributed by atoms with van der Waals surface area (Å²) >= 11 is 0. The highest BCUT2D eigenvalue weighted by Crippen LogP contribution is 2.34. The highest BCUT2D eigenvalue weighted by atomic mass is 14.1. The molecule has 0 heteroatoms. The molecule has 0 radical (unpaired) electrons. The maximum atomic E-state index is 2.26. The smallest absolute Gasteiger partial charge is 0.0105 e. The summed E-state index contributed by atoms with van der Waals surface area (Å²) < 4.78 is 0. The van der Waals surface area contributed by atoms with Crippen molar-refractivity contribution in [2.45, 2.75) is 55.4 Å². The average Bonchev–Trinajstić information content (AvgIpc) is 0.812. The minimum Gasteiger partial charge on any atom is -0.0622 e. The fourth-order valence-corrected chi connectivity index (χ4v) is 14.6. The van der Waals surface area contributed by atoms with Crippen LogP contribution in [0.3, 0.4) is 0 Å². The van der Waals surface area contributed by atoms with Gasteiger partial charge in [0.1, 0.15) is 0 Å². The summed E-state index contributed by atoms with van der Waals surface area (Å²) in [6.45, 7) is 17.0. The molecule has 0 unspecified atom stereocenters. The van der Waals surface area contributed by atoms with Crippen molar-refractivity contribution in [3.05, 3.63) is 530 Å². The fourth-order valence-electron chi connectivity index (χ4n) is 14.6. The third-order valence-electron chi connectivity index (χ3n) is 21.0. The van der Waals surface area contributed by atoms with Crippen molar-refractivity contribution in [2.75, 3.05) is 0 Å². The van der Waals surface area contributed by atoms with Crippen LogP contribution in [0, 0.1) is 55.4 Å². The average molecular weight is 1550 g/mol. The standard InChI is InChI=1S/C19H16.4C17H14.2C13H12.C7H8/c1-15-12-18(16-8-4-2-5-9-16)14-19(13-15)17-10-6-3-7-11-17;1-13-6-4-9-15(12-13)17-11-5-8-14-7-2-3-10-16(14)17;1-13-5-4-8-15(11-13)17-10-9-14-6-2-3-7-16(14)12-17;1-13-9-11-15(12-10-13)17-8-4-6-14-5-2-3-7-16(14)17;1-13-6-8-15(9-7-13)17-11-10-14-4-2-3-5-16(14)12-17;1-11-6-5-9-13(10-11)12-7-3-2-4-8-12;1-11-7-9-13(10-8-11)12-5-3-2-4-6-12;1-7-5-3-2-4-6-7/h2-14H,1H3;4*2-12H,1H3;2*2-10H,1H3;2-6H,1H3. The second-order valence-electron chi connectivity index (χ2n) is 30.6. The molecule has 120 heavy (non-hydrogen) atoms. The lowest BCUT2D eigenvalue weighted by Gasteiger charge is -2.08. The SMILES string of the molecule is Cc1cc(-c2ccccc2)cc(-c2ccccc2)c1.Cc1ccc(-c2ccc3ccccc3c2)cc1.Cc1ccc(-c2cccc3ccccc23)cc1.Cc1ccc(-c2ccccc2)cc1.Cc1cccc(-c2ccc3ccccc3c2)c1.Cc1cccc(-c2cccc3ccccc23)c1.Cc1cccc(-c2ccccc2)c1.Cc1ccccc1. The van der Waals surface area contributed by atoms with Crippen LogP contribution >= 0.6 is 0 Å². The van der Waals surface area contributed by atoms with Gasteiger partial charge in [-0.15, -0.1) is 0 Å².